The summed E-state index contributed by atoms with van der Waals surface area (Å²) in [6, 6.07) is 6.32. The second-order valence-corrected chi connectivity index (χ2v) is 8.37. The largest absolute Gasteiger partial charge is 0.495 e. The fourth-order valence-electron chi connectivity index (χ4n) is 4.39. The Bertz CT molecular complexity index is 763. The molecule has 0 radical (unpaired) electrons. The predicted octanol–water partition coefficient (Wildman–Crippen LogP) is 3.50. The number of ether oxygens (including phenoxy) is 1. The van der Waals surface area contributed by atoms with Crippen molar-refractivity contribution in [2.45, 2.75) is 51.1 Å². The zero-order valence-corrected chi connectivity index (χ0v) is 21.8. The van der Waals surface area contributed by atoms with Crippen LogP contribution in [0.4, 0.5) is 5.69 Å². The van der Waals surface area contributed by atoms with E-state index < -0.39 is 0 Å². The smallest absolute Gasteiger partial charge is 0.222 e. The van der Waals surface area contributed by atoms with E-state index in [1.807, 2.05) is 23.1 Å². The van der Waals surface area contributed by atoms with Crippen molar-refractivity contribution >= 4 is 53.1 Å². The first-order valence-corrected chi connectivity index (χ1v) is 11.3. The Balaban J connectivity index is 0.00000341. The number of methoxy groups -OCH3 is 1. The first kappa shape index (κ1) is 25.8. The van der Waals surface area contributed by atoms with Gasteiger partial charge in [0.1, 0.15) is 5.75 Å². The van der Waals surface area contributed by atoms with Crippen molar-refractivity contribution in [2.24, 2.45) is 4.99 Å². The van der Waals surface area contributed by atoms with E-state index >= 15 is 0 Å². The van der Waals surface area contributed by atoms with Gasteiger partial charge in [-0.3, -0.25) is 9.79 Å². The topological polar surface area (TPSA) is 69.2 Å². The number of carbonyl (C=O) groups is 1. The molecular weight excluding hydrogens is 529 g/mol. The van der Waals surface area contributed by atoms with Crippen molar-refractivity contribution in [2.75, 3.05) is 45.2 Å². The Morgan fingerprint density at radius 2 is 2.19 bits per heavy atom. The second-order valence-electron chi connectivity index (χ2n) is 7.93. The van der Waals surface area contributed by atoms with Crippen LogP contribution >= 0.6 is 35.6 Å². The van der Waals surface area contributed by atoms with Crippen LogP contribution in [-0.2, 0) is 4.79 Å². The van der Waals surface area contributed by atoms with Crippen molar-refractivity contribution in [1.29, 1.82) is 0 Å². The number of nitrogens with zero attached hydrogens (tertiary/aromatic N) is 3. The molecule has 0 bridgehead atoms. The van der Waals surface area contributed by atoms with E-state index in [9.17, 15) is 4.79 Å². The molecule has 2 aliphatic rings. The Morgan fingerprint density at radius 3 is 2.84 bits per heavy atom. The van der Waals surface area contributed by atoms with Crippen molar-refractivity contribution in [3.63, 3.8) is 0 Å². The van der Waals surface area contributed by atoms with Gasteiger partial charge in [0.25, 0.3) is 0 Å². The van der Waals surface area contributed by atoms with E-state index in [0.29, 0.717) is 29.4 Å². The molecule has 2 unspecified atom stereocenters. The number of hydrogen-bond acceptors (Lipinski definition) is 4. The van der Waals surface area contributed by atoms with Gasteiger partial charge in [-0.1, -0.05) is 18.5 Å². The Kier molecular flexibility index (Phi) is 10.5. The number of likely N-dealkylation sites (tertiary alicyclic amines) is 1. The number of halogens is 2. The fraction of sp³-hybridized carbons (Fsp3) is 0.636. The normalized spacial score (nSPS) is 19.9. The summed E-state index contributed by atoms with van der Waals surface area (Å²) in [7, 11) is 3.48. The summed E-state index contributed by atoms with van der Waals surface area (Å²) in [6.07, 6.45) is 4.61. The zero-order valence-electron chi connectivity index (χ0n) is 18.7. The van der Waals surface area contributed by atoms with Gasteiger partial charge in [0, 0.05) is 56.8 Å². The number of benzene rings is 1. The highest BCUT2D eigenvalue weighted by Crippen LogP contribution is 2.33. The predicted molar refractivity (Wildman–Crippen MR) is 138 cm³/mol. The van der Waals surface area contributed by atoms with Gasteiger partial charge in [-0.05, 0) is 43.9 Å². The van der Waals surface area contributed by atoms with E-state index in [1.54, 1.807) is 14.2 Å². The lowest BCUT2D eigenvalue weighted by Crippen LogP contribution is -2.46. The molecule has 3 rings (SSSR count). The molecule has 7 nitrogen and oxygen atoms in total. The highest BCUT2D eigenvalue weighted by molar-refractivity contribution is 14.0. The van der Waals surface area contributed by atoms with Crippen molar-refractivity contribution in [3.05, 3.63) is 23.2 Å². The van der Waals surface area contributed by atoms with Gasteiger partial charge >= 0.3 is 0 Å². The number of aliphatic imine (C=N–C) groups is 1. The van der Waals surface area contributed by atoms with Crippen LogP contribution in [0.3, 0.4) is 0 Å². The van der Waals surface area contributed by atoms with Crippen LogP contribution in [0.2, 0.25) is 5.02 Å². The van der Waals surface area contributed by atoms with Gasteiger partial charge in [0.05, 0.1) is 12.8 Å². The van der Waals surface area contributed by atoms with Crippen LogP contribution in [0.1, 0.15) is 39.0 Å². The third-order valence-corrected chi connectivity index (χ3v) is 6.26. The fourth-order valence-corrected chi connectivity index (χ4v) is 4.55. The van der Waals surface area contributed by atoms with Crippen LogP contribution in [0.15, 0.2) is 23.2 Å². The maximum absolute atomic E-state index is 12.0. The summed E-state index contributed by atoms with van der Waals surface area (Å²) in [5, 5.41) is 7.66. The quantitative estimate of drug-likeness (QED) is 0.288. The van der Waals surface area contributed by atoms with E-state index in [0.717, 1.165) is 69.3 Å². The number of rotatable bonds is 8. The molecule has 1 amide bonds. The third kappa shape index (κ3) is 6.78. The summed E-state index contributed by atoms with van der Waals surface area (Å²) in [5.41, 5.74) is 1.03. The standard InChI is InChI=1S/C22H34ClN5O2.HI/c1-4-18(28-12-5-6-21(28)29)9-11-25-22(24-2)26-17-10-13-27(15-17)19-14-16(23)7-8-20(19)30-3;/h7-8,14,17-18H,4-6,9-13,15H2,1-3H3,(H2,24,25,26);1H. The SMILES string of the molecule is CCC(CCNC(=NC)NC1CCN(c2cc(Cl)ccc2OC)C1)N1CCCC1=O.I. The Morgan fingerprint density at radius 1 is 1.39 bits per heavy atom. The van der Waals surface area contributed by atoms with Crippen LogP contribution in [0.25, 0.3) is 0 Å². The molecule has 0 aromatic heterocycles. The van der Waals surface area contributed by atoms with E-state index in [-0.39, 0.29) is 24.0 Å². The first-order valence-electron chi connectivity index (χ1n) is 10.9. The van der Waals surface area contributed by atoms with Crippen LogP contribution < -0.4 is 20.3 Å². The molecule has 0 spiro atoms. The molecule has 2 fully saturated rings. The van der Waals surface area contributed by atoms with E-state index in [2.05, 4.69) is 27.4 Å². The Hall–Kier alpha value is -1.42. The van der Waals surface area contributed by atoms with E-state index in [1.165, 1.54) is 0 Å². The minimum atomic E-state index is 0. The molecule has 2 N–H and O–H groups in total. The van der Waals surface area contributed by atoms with Crippen molar-refractivity contribution < 1.29 is 9.53 Å². The summed E-state index contributed by atoms with van der Waals surface area (Å²) < 4.78 is 5.50. The van der Waals surface area contributed by atoms with Gasteiger partial charge in [0.2, 0.25) is 5.91 Å². The number of amides is 1. The monoisotopic (exact) mass is 563 g/mol. The van der Waals surface area contributed by atoms with Crippen LogP contribution in [-0.4, -0.2) is 69.2 Å². The summed E-state index contributed by atoms with van der Waals surface area (Å²) in [4.78, 5) is 20.7. The molecule has 0 saturated carbocycles. The summed E-state index contributed by atoms with van der Waals surface area (Å²) in [5.74, 6) is 1.94. The molecule has 9 heteroatoms. The van der Waals surface area contributed by atoms with E-state index in [4.69, 9.17) is 16.3 Å². The third-order valence-electron chi connectivity index (χ3n) is 6.03. The summed E-state index contributed by atoms with van der Waals surface area (Å²) >= 11 is 6.19. The van der Waals surface area contributed by atoms with Crippen molar-refractivity contribution in [1.82, 2.24) is 15.5 Å². The average molecular weight is 564 g/mol. The number of hydrogen-bond donors (Lipinski definition) is 2. The van der Waals surface area contributed by atoms with Crippen LogP contribution in [0.5, 0.6) is 5.75 Å². The first-order chi connectivity index (χ1) is 14.5. The maximum Gasteiger partial charge on any atom is 0.222 e. The summed E-state index contributed by atoms with van der Waals surface area (Å²) in [6.45, 7) is 5.63. The molecule has 2 heterocycles. The van der Waals surface area contributed by atoms with Gasteiger partial charge in [0.15, 0.2) is 5.96 Å². The highest BCUT2D eigenvalue weighted by Gasteiger charge is 2.27. The molecule has 1 aromatic rings. The zero-order chi connectivity index (χ0) is 21.5. The lowest BCUT2D eigenvalue weighted by atomic mass is 10.1. The molecule has 2 aliphatic heterocycles. The lowest BCUT2D eigenvalue weighted by Gasteiger charge is -2.27. The molecule has 1 aromatic carbocycles. The molecule has 2 saturated heterocycles. The molecule has 0 aliphatic carbocycles. The lowest BCUT2D eigenvalue weighted by molar-refractivity contribution is -0.129. The number of carbonyl (C=O) groups excluding carboxylic acids is 1. The highest BCUT2D eigenvalue weighted by atomic mass is 127. The van der Waals surface area contributed by atoms with Gasteiger partial charge in [-0.15, -0.1) is 24.0 Å². The molecular formula is C22H35ClIN5O2. The van der Waals surface area contributed by atoms with Crippen molar-refractivity contribution in [3.8, 4) is 5.75 Å². The molecule has 2 atom stereocenters. The average Bonchev–Trinajstić information content (AvgIpc) is 3.39. The number of nitrogens with one attached hydrogen (secondary N) is 2. The minimum absolute atomic E-state index is 0. The van der Waals surface area contributed by atoms with Crippen LogP contribution in [0, 0.1) is 0 Å². The van der Waals surface area contributed by atoms with Gasteiger partial charge in [-0.25, -0.2) is 0 Å². The number of anilines is 1. The number of guanidine groups is 1. The molecule has 31 heavy (non-hydrogen) atoms. The van der Waals surface area contributed by atoms with Gasteiger partial charge < -0.3 is 25.2 Å². The second kappa shape index (κ2) is 12.6. The Labute approximate surface area is 207 Å². The van der Waals surface area contributed by atoms with Gasteiger partial charge in [-0.2, -0.15) is 0 Å². The minimum Gasteiger partial charge on any atom is -0.495 e. The molecule has 174 valence electrons. The maximum atomic E-state index is 12.0.